The number of aromatic amines is 1. The molecule has 4 heteroatoms. The zero-order valence-electron chi connectivity index (χ0n) is 9.28. The van der Waals surface area contributed by atoms with Gasteiger partial charge in [0.05, 0.1) is 7.11 Å². The number of rotatable bonds is 1. The Kier molecular flexibility index (Phi) is 3.12. The lowest BCUT2D eigenvalue weighted by atomic mass is 10.1. The van der Waals surface area contributed by atoms with E-state index in [1.807, 2.05) is 18.2 Å². The normalized spacial score (nSPS) is 9.76. The van der Waals surface area contributed by atoms with E-state index < -0.39 is 5.97 Å². The molecule has 0 saturated carbocycles. The van der Waals surface area contributed by atoms with Crippen molar-refractivity contribution in [2.45, 2.75) is 0 Å². The van der Waals surface area contributed by atoms with Crippen LogP contribution >= 0.6 is 0 Å². The van der Waals surface area contributed by atoms with E-state index in [-0.39, 0.29) is 6.61 Å². The smallest absolute Gasteiger partial charge is 0.354 e. The molecule has 2 rings (SSSR count). The fraction of sp³-hybridized carbons (Fsp3) is 0.154. The van der Waals surface area contributed by atoms with E-state index in [4.69, 9.17) is 5.11 Å². The molecule has 4 nitrogen and oxygen atoms in total. The molecule has 0 spiro atoms. The largest absolute Gasteiger partial charge is 0.464 e. The summed E-state index contributed by atoms with van der Waals surface area (Å²) in [6.45, 7) is -0.170. The van der Waals surface area contributed by atoms with Crippen LogP contribution in [0.15, 0.2) is 24.3 Å². The lowest BCUT2D eigenvalue weighted by molar-refractivity contribution is 0.0595. The molecule has 0 aliphatic heterocycles. The Balaban J connectivity index is 2.44. The Morgan fingerprint density at radius 2 is 2.29 bits per heavy atom. The summed E-state index contributed by atoms with van der Waals surface area (Å²) < 4.78 is 4.63. The molecule has 0 amide bonds. The van der Waals surface area contributed by atoms with Crippen LogP contribution in [0.4, 0.5) is 0 Å². The first-order valence-corrected chi connectivity index (χ1v) is 5.05. The quantitative estimate of drug-likeness (QED) is 0.572. The Labute approximate surface area is 98.2 Å². The monoisotopic (exact) mass is 229 g/mol. The van der Waals surface area contributed by atoms with E-state index >= 15 is 0 Å². The van der Waals surface area contributed by atoms with Gasteiger partial charge < -0.3 is 14.8 Å². The number of aliphatic hydroxyl groups excluding tert-OH is 1. The van der Waals surface area contributed by atoms with Gasteiger partial charge in [0.1, 0.15) is 12.3 Å². The summed E-state index contributed by atoms with van der Waals surface area (Å²) in [6, 6.07) is 7.24. The minimum atomic E-state index is -0.399. The summed E-state index contributed by atoms with van der Waals surface area (Å²) in [6.07, 6.45) is 0. The number of hydrogen-bond donors (Lipinski definition) is 2. The van der Waals surface area contributed by atoms with Crippen LogP contribution in [0.3, 0.4) is 0 Å². The molecule has 0 unspecified atom stereocenters. The summed E-state index contributed by atoms with van der Waals surface area (Å²) in [7, 11) is 1.34. The number of H-pyrrole nitrogens is 1. The number of carbonyl (C=O) groups is 1. The Bertz CT molecular complexity index is 616. The second-order valence-electron chi connectivity index (χ2n) is 3.44. The van der Waals surface area contributed by atoms with Gasteiger partial charge in [0.2, 0.25) is 0 Å². The minimum Gasteiger partial charge on any atom is -0.464 e. The van der Waals surface area contributed by atoms with E-state index in [2.05, 4.69) is 21.6 Å². The molecular formula is C13H11NO3. The van der Waals surface area contributed by atoms with Crippen LogP contribution in [-0.4, -0.2) is 29.8 Å². The first kappa shape index (κ1) is 11.2. The third-order valence-electron chi connectivity index (χ3n) is 2.34. The number of aliphatic hydroxyl groups is 1. The van der Waals surface area contributed by atoms with Gasteiger partial charge in [-0.3, -0.25) is 0 Å². The molecule has 0 atom stereocenters. The minimum absolute atomic E-state index is 0.170. The molecule has 1 heterocycles. The first-order chi connectivity index (χ1) is 8.24. The van der Waals surface area contributed by atoms with Crippen LogP contribution < -0.4 is 0 Å². The highest BCUT2D eigenvalue weighted by Gasteiger charge is 2.08. The summed E-state index contributed by atoms with van der Waals surface area (Å²) in [5.74, 6) is 4.97. The van der Waals surface area contributed by atoms with E-state index in [9.17, 15) is 4.79 Å². The topological polar surface area (TPSA) is 62.3 Å². The maximum absolute atomic E-state index is 11.3. The Morgan fingerprint density at radius 1 is 1.47 bits per heavy atom. The van der Waals surface area contributed by atoms with Gasteiger partial charge in [-0.15, -0.1) is 0 Å². The number of esters is 1. The number of aromatic nitrogens is 1. The lowest BCUT2D eigenvalue weighted by Crippen LogP contribution is -2.00. The molecule has 0 aliphatic rings. The average molecular weight is 229 g/mol. The third kappa shape index (κ3) is 2.30. The fourth-order valence-corrected chi connectivity index (χ4v) is 1.57. The van der Waals surface area contributed by atoms with Gasteiger partial charge in [0, 0.05) is 16.5 Å². The van der Waals surface area contributed by atoms with Crippen molar-refractivity contribution in [3.05, 3.63) is 35.5 Å². The van der Waals surface area contributed by atoms with Crippen molar-refractivity contribution in [2.75, 3.05) is 13.7 Å². The van der Waals surface area contributed by atoms with Crippen molar-refractivity contribution in [1.82, 2.24) is 4.98 Å². The summed E-state index contributed by atoms with van der Waals surface area (Å²) in [4.78, 5) is 14.3. The van der Waals surface area contributed by atoms with Crippen molar-refractivity contribution in [2.24, 2.45) is 0 Å². The molecule has 0 fully saturated rings. The van der Waals surface area contributed by atoms with Crippen molar-refractivity contribution in [3.8, 4) is 11.8 Å². The molecule has 0 bridgehead atoms. The molecule has 17 heavy (non-hydrogen) atoms. The van der Waals surface area contributed by atoms with E-state index in [1.54, 1.807) is 6.07 Å². The fourth-order valence-electron chi connectivity index (χ4n) is 1.57. The zero-order valence-corrected chi connectivity index (χ0v) is 9.28. The van der Waals surface area contributed by atoms with E-state index in [1.165, 1.54) is 7.11 Å². The molecule has 1 aromatic heterocycles. The molecule has 2 aromatic rings. The van der Waals surface area contributed by atoms with Crippen LogP contribution in [0.25, 0.3) is 10.9 Å². The third-order valence-corrected chi connectivity index (χ3v) is 2.34. The molecule has 0 aliphatic carbocycles. The number of methoxy groups -OCH3 is 1. The molecule has 0 radical (unpaired) electrons. The second-order valence-corrected chi connectivity index (χ2v) is 3.44. The number of hydrogen-bond acceptors (Lipinski definition) is 3. The maximum atomic E-state index is 11.3. The van der Waals surface area contributed by atoms with Crippen LogP contribution in [0.5, 0.6) is 0 Å². The van der Waals surface area contributed by atoms with Crippen molar-refractivity contribution in [1.29, 1.82) is 0 Å². The predicted molar refractivity (Wildman–Crippen MR) is 63.6 cm³/mol. The molecule has 2 N–H and O–H groups in total. The van der Waals surface area contributed by atoms with Gasteiger partial charge in [-0.1, -0.05) is 17.9 Å². The SMILES string of the molecule is COC(=O)c1cc2ccc(C#CCO)cc2[nH]1. The average Bonchev–Trinajstić information content (AvgIpc) is 2.78. The van der Waals surface area contributed by atoms with Gasteiger partial charge in [-0.25, -0.2) is 4.79 Å². The Hall–Kier alpha value is -2.25. The van der Waals surface area contributed by atoms with Crippen LogP contribution in [0.1, 0.15) is 16.1 Å². The van der Waals surface area contributed by atoms with Gasteiger partial charge in [-0.05, 0) is 18.2 Å². The van der Waals surface area contributed by atoms with Crippen molar-refractivity contribution >= 4 is 16.9 Å². The highest BCUT2D eigenvalue weighted by molar-refractivity contribution is 5.95. The highest BCUT2D eigenvalue weighted by atomic mass is 16.5. The number of ether oxygens (including phenoxy) is 1. The number of carbonyl (C=O) groups excluding carboxylic acids is 1. The van der Waals surface area contributed by atoms with Gasteiger partial charge in [0.15, 0.2) is 0 Å². The first-order valence-electron chi connectivity index (χ1n) is 5.05. The van der Waals surface area contributed by atoms with Gasteiger partial charge in [-0.2, -0.15) is 0 Å². The molecular weight excluding hydrogens is 218 g/mol. The predicted octanol–water partition coefficient (Wildman–Crippen LogP) is 1.30. The highest BCUT2D eigenvalue weighted by Crippen LogP contribution is 2.17. The zero-order chi connectivity index (χ0) is 12.3. The summed E-state index contributed by atoms with van der Waals surface area (Å²) in [5.41, 5.74) is 2.01. The van der Waals surface area contributed by atoms with Gasteiger partial charge in [0.25, 0.3) is 0 Å². The van der Waals surface area contributed by atoms with Crippen LogP contribution in [-0.2, 0) is 4.74 Å². The molecule has 0 saturated heterocycles. The standard InChI is InChI=1S/C13H11NO3/c1-17-13(16)12-8-10-5-4-9(3-2-6-15)7-11(10)14-12/h4-5,7-8,14-15H,6H2,1H3. The summed E-state index contributed by atoms with van der Waals surface area (Å²) in [5, 5.41) is 9.52. The second kappa shape index (κ2) is 4.73. The van der Waals surface area contributed by atoms with E-state index in [0.29, 0.717) is 5.69 Å². The molecule has 1 aromatic carbocycles. The van der Waals surface area contributed by atoms with Gasteiger partial charge >= 0.3 is 5.97 Å². The van der Waals surface area contributed by atoms with Crippen LogP contribution in [0.2, 0.25) is 0 Å². The van der Waals surface area contributed by atoms with Crippen LogP contribution in [0, 0.1) is 11.8 Å². The number of benzene rings is 1. The number of nitrogens with one attached hydrogen (secondary N) is 1. The van der Waals surface area contributed by atoms with E-state index in [0.717, 1.165) is 16.5 Å². The Morgan fingerprint density at radius 3 is 3.00 bits per heavy atom. The maximum Gasteiger partial charge on any atom is 0.354 e. The van der Waals surface area contributed by atoms with Crippen molar-refractivity contribution < 1.29 is 14.6 Å². The number of fused-ring (bicyclic) bond motifs is 1. The van der Waals surface area contributed by atoms with Crippen molar-refractivity contribution in [3.63, 3.8) is 0 Å². The summed E-state index contributed by atoms with van der Waals surface area (Å²) >= 11 is 0. The lowest BCUT2D eigenvalue weighted by Gasteiger charge is -1.92. The molecule has 86 valence electrons.